The minimum Gasteiger partial charge on any atom is -0.317 e. The van der Waals surface area contributed by atoms with Gasteiger partial charge in [-0.2, -0.15) is 0 Å². The maximum atomic E-state index is 13.3. The fraction of sp³-hybridized carbons (Fsp3) is 0.333. The Hall–Kier alpha value is -0.850. The summed E-state index contributed by atoms with van der Waals surface area (Å²) in [5, 5.41) is 13.2. The molecule has 2 rings (SSSR count). The molecular formula is C12H13BrFN3S. The highest BCUT2D eigenvalue weighted by Gasteiger charge is 2.08. The van der Waals surface area contributed by atoms with Crippen LogP contribution in [0.25, 0.3) is 10.6 Å². The van der Waals surface area contributed by atoms with E-state index < -0.39 is 0 Å². The number of halogens is 2. The zero-order valence-electron chi connectivity index (χ0n) is 9.91. The predicted molar refractivity (Wildman–Crippen MR) is 75.3 cm³/mol. The molecule has 0 unspecified atom stereocenters. The predicted octanol–water partition coefficient (Wildman–Crippen LogP) is 3.26. The summed E-state index contributed by atoms with van der Waals surface area (Å²) < 4.78 is 14.0. The van der Waals surface area contributed by atoms with Gasteiger partial charge in [0.2, 0.25) is 0 Å². The van der Waals surface area contributed by atoms with Crippen LogP contribution in [0.5, 0.6) is 0 Å². The average molecular weight is 330 g/mol. The van der Waals surface area contributed by atoms with Crippen LogP contribution in [0.4, 0.5) is 4.39 Å². The van der Waals surface area contributed by atoms with Gasteiger partial charge in [-0.1, -0.05) is 34.2 Å². The molecule has 0 fully saturated rings. The van der Waals surface area contributed by atoms with E-state index in [1.165, 1.54) is 23.5 Å². The highest BCUT2D eigenvalue weighted by molar-refractivity contribution is 9.10. The molecule has 0 radical (unpaired) electrons. The van der Waals surface area contributed by atoms with E-state index in [2.05, 4.69) is 38.4 Å². The Morgan fingerprint density at radius 3 is 2.89 bits per heavy atom. The molecule has 0 aliphatic carbocycles. The summed E-state index contributed by atoms with van der Waals surface area (Å²) in [6.07, 6.45) is 0.849. The maximum absolute atomic E-state index is 13.3. The Balaban J connectivity index is 2.13. The first-order valence-electron chi connectivity index (χ1n) is 5.68. The van der Waals surface area contributed by atoms with E-state index in [9.17, 15) is 4.39 Å². The summed E-state index contributed by atoms with van der Waals surface area (Å²) in [5.74, 6) is -0.274. The van der Waals surface area contributed by atoms with Crippen LogP contribution in [0, 0.1) is 5.82 Å². The van der Waals surface area contributed by atoms with Crippen molar-refractivity contribution in [1.82, 2.24) is 15.5 Å². The second-order valence-corrected chi connectivity index (χ2v) is 5.74. The van der Waals surface area contributed by atoms with Crippen molar-refractivity contribution in [3.05, 3.63) is 33.5 Å². The SMILES string of the molecule is CCNCCc1nnc(-c2cc(F)cc(Br)c2)s1. The summed E-state index contributed by atoms with van der Waals surface area (Å²) in [4.78, 5) is 0. The molecular weight excluding hydrogens is 317 g/mol. The zero-order valence-corrected chi connectivity index (χ0v) is 12.3. The van der Waals surface area contributed by atoms with Gasteiger partial charge in [-0.05, 0) is 24.7 Å². The number of likely N-dealkylation sites (N-methyl/N-ethyl adjacent to an activating group) is 1. The third kappa shape index (κ3) is 3.57. The van der Waals surface area contributed by atoms with Crippen LogP contribution in [0.1, 0.15) is 11.9 Å². The van der Waals surface area contributed by atoms with Gasteiger partial charge in [0.05, 0.1) is 0 Å². The molecule has 0 spiro atoms. The molecule has 1 N–H and O–H groups in total. The molecule has 0 aliphatic heterocycles. The second kappa shape index (κ2) is 6.36. The number of nitrogens with one attached hydrogen (secondary N) is 1. The van der Waals surface area contributed by atoms with Crippen molar-refractivity contribution < 1.29 is 4.39 Å². The Morgan fingerprint density at radius 2 is 2.17 bits per heavy atom. The molecule has 96 valence electrons. The Labute approximate surface area is 118 Å². The van der Waals surface area contributed by atoms with Gasteiger partial charge in [-0.15, -0.1) is 10.2 Å². The van der Waals surface area contributed by atoms with Crippen LogP contribution in [-0.2, 0) is 6.42 Å². The lowest BCUT2D eigenvalue weighted by Gasteiger charge is -1.98. The Bertz CT molecular complexity index is 510. The van der Waals surface area contributed by atoms with E-state index in [0.29, 0.717) is 4.47 Å². The summed E-state index contributed by atoms with van der Waals surface area (Å²) >= 11 is 4.78. The minimum absolute atomic E-state index is 0.274. The minimum atomic E-state index is -0.274. The monoisotopic (exact) mass is 329 g/mol. The van der Waals surface area contributed by atoms with Crippen LogP contribution >= 0.6 is 27.3 Å². The molecule has 1 aromatic heterocycles. The van der Waals surface area contributed by atoms with Crippen molar-refractivity contribution in [2.24, 2.45) is 0 Å². The molecule has 1 heterocycles. The smallest absolute Gasteiger partial charge is 0.147 e. The largest absolute Gasteiger partial charge is 0.317 e. The van der Waals surface area contributed by atoms with Gasteiger partial charge < -0.3 is 5.32 Å². The number of nitrogens with zero attached hydrogens (tertiary/aromatic N) is 2. The van der Waals surface area contributed by atoms with Gasteiger partial charge in [0, 0.05) is 23.0 Å². The summed E-state index contributed by atoms with van der Waals surface area (Å²) in [7, 11) is 0. The van der Waals surface area contributed by atoms with E-state index in [1.807, 2.05) is 6.07 Å². The molecule has 3 nitrogen and oxygen atoms in total. The molecule has 18 heavy (non-hydrogen) atoms. The van der Waals surface area contributed by atoms with Gasteiger partial charge in [0.25, 0.3) is 0 Å². The summed E-state index contributed by atoms with van der Waals surface area (Å²) in [6, 6.07) is 4.74. The van der Waals surface area contributed by atoms with Crippen molar-refractivity contribution in [3.63, 3.8) is 0 Å². The number of benzene rings is 1. The van der Waals surface area contributed by atoms with Gasteiger partial charge in [-0.3, -0.25) is 0 Å². The first-order chi connectivity index (χ1) is 8.69. The molecule has 0 saturated carbocycles. The lowest BCUT2D eigenvalue weighted by Crippen LogP contribution is -2.15. The van der Waals surface area contributed by atoms with Crippen molar-refractivity contribution in [3.8, 4) is 10.6 Å². The number of aromatic nitrogens is 2. The molecule has 0 atom stereocenters. The summed E-state index contributed by atoms with van der Waals surface area (Å²) in [6.45, 7) is 3.90. The molecule has 0 bridgehead atoms. The van der Waals surface area contributed by atoms with Gasteiger partial charge in [0.1, 0.15) is 15.8 Å². The fourth-order valence-corrected chi connectivity index (χ4v) is 2.81. The first-order valence-corrected chi connectivity index (χ1v) is 7.29. The van der Waals surface area contributed by atoms with E-state index >= 15 is 0 Å². The molecule has 0 saturated heterocycles. The van der Waals surface area contributed by atoms with E-state index in [1.54, 1.807) is 0 Å². The second-order valence-electron chi connectivity index (χ2n) is 3.76. The van der Waals surface area contributed by atoms with E-state index in [-0.39, 0.29) is 5.82 Å². The van der Waals surface area contributed by atoms with Crippen molar-refractivity contribution in [1.29, 1.82) is 0 Å². The van der Waals surface area contributed by atoms with Gasteiger partial charge >= 0.3 is 0 Å². The zero-order chi connectivity index (χ0) is 13.0. The Kier molecular flexibility index (Phi) is 4.79. The quantitative estimate of drug-likeness (QED) is 0.855. The fourth-order valence-electron chi connectivity index (χ4n) is 1.52. The third-order valence-corrected chi connectivity index (χ3v) is 3.83. The van der Waals surface area contributed by atoms with Crippen LogP contribution in [0.3, 0.4) is 0 Å². The van der Waals surface area contributed by atoms with Crippen LogP contribution < -0.4 is 5.32 Å². The lowest BCUT2D eigenvalue weighted by atomic mass is 10.2. The van der Waals surface area contributed by atoms with Crippen LogP contribution in [0.2, 0.25) is 0 Å². The third-order valence-electron chi connectivity index (χ3n) is 2.34. The lowest BCUT2D eigenvalue weighted by molar-refractivity contribution is 0.627. The standard InChI is InChI=1S/C12H13BrFN3S/c1-2-15-4-3-11-16-17-12(18-11)8-5-9(13)7-10(14)6-8/h5-7,15H,2-4H2,1H3. The van der Waals surface area contributed by atoms with Crippen LogP contribution in [-0.4, -0.2) is 23.3 Å². The van der Waals surface area contributed by atoms with E-state index in [0.717, 1.165) is 35.1 Å². The van der Waals surface area contributed by atoms with Crippen molar-refractivity contribution >= 4 is 27.3 Å². The Morgan fingerprint density at radius 1 is 1.33 bits per heavy atom. The maximum Gasteiger partial charge on any atom is 0.147 e. The number of hydrogen-bond donors (Lipinski definition) is 1. The molecule has 0 aliphatic rings. The highest BCUT2D eigenvalue weighted by Crippen LogP contribution is 2.27. The van der Waals surface area contributed by atoms with Crippen molar-refractivity contribution in [2.45, 2.75) is 13.3 Å². The topological polar surface area (TPSA) is 37.8 Å². The van der Waals surface area contributed by atoms with E-state index in [4.69, 9.17) is 0 Å². The number of hydrogen-bond acceptors (Lipinski definition) is 4. The highest BCUT2D eigenvalue weighted by atomic mass is 79.9. The van der Waals surface area contributed by atoms with Gasteiger partial charge in [-0.25, -0.2) is 4.39 Å². The first kappa shape index (κ1) is 13.6. The molecule has 2 aromatic rings. The van der Waals surface area contributed by atoms with Crippen LogP contribution in [0.15, 0.2) is 22.7 Å². The van der Waals surface area contributed by atoms with Gasteiger partial charge in [0.15, 0.2) is 0 Å². The number of rotatable bonds is 5. The molecule has 1 aromatic carbocycles. The molecule has 6 heteroatoms. The molecule has 0 amide bonds. The average Bonchev–Trinajstić information content (AvgIpc) is 2.77. The van der Waals surface area contributed by atoms with Crippen molar-refractivity contribution in [2.75, 3.05) is 13.1 Å². The summed E-state index contributed by atoms with van der Waals surface area (Å²) in [5.41, 5.74) is 0.758. The normalized spacial score (nSPS) is 10.8.